The fourth-order valence-corrected chi connectivity index (χ4v) is 2.07. The average Bonchev–Trinajstić information content (AvgIpc) is 2.74. The highest BCUT2D eigenvalue weighted by molar-refractivity contribution is 6.31. The summed E-state index contributed by atoms with van der Waals surface area (Å²) in [6.07, 6.45) is 3.18. The van der Waals surface area contributed by atoms with Crippen LogP contribution in [-0.4, -0.2) is 34.4 Å². The molecule has 0 saturated carbocycles. The van der Waals surface area contributed by atoms with Crippen molar-refractivity contribution in [3.05, 3.63) is 16.9 Å². The molecule has 1 aromatic heterocycles. The van der Waals surface area contributed by atoms with Crippen molar-refractivity contribution in [1.82, 2.24) is 15.1 Å². The summed E-state index contributed by atoms with van der Waals surface area (Å²) in [7, 11) is 0. The Morgan fingerprint density at radius 3 is 2.75 bits per heavy atom. The van der Waals surface area contributed by atoms with Crippen molar-refractivity contribution in [2.45, 2.75) is 52.6 Å². The summed E-state index contributed by atoms with van der Waals surface area (Å²) in [6.45, 7) is 9.44. The number of hydrogen-bond donors (Lipinski definition) is 1. The van der Waals surface area contributed by atoms with Crippen molar-refractivity contribution < 1.29 is 9.53 Å². The molecule has 1 heterocycles. The highest BCUT2D eigenvalue weighted by Crippen LogP contribution is 2.18. The predicted molar refractivity (Wildman–Crippen MR) is 79.9 cm³/mol. The molecule has 0 fully saturated rings. The van der Waals surface area contributed by atoms with Gasteiger partial charge in [-0.05, 0) is 40.2 Å². The zero-order valence-electron chi connectivity index (χ0n) is 12.7. The highest BCUT2D eigenvalue weighted by Gasteiger charge is 2.33. The number of carbonyl (C=O) groups is 1. The summed E-state index contributed by atoms with van der Waals surface area (Å²) in [5, 5.41) is 8.13. The first-order valence-corrected chi connectivity index (χ1v) is 7.42. The van der Waals surface area contributed by atoms with Gasteiger partial charge in [0.2, 0.25) is 0 Å². The zero-order chi connectivity index (χ0) is 15.2. The van der Waals surface area contributed by atoms with Gasteiger partial charge in [0, 0.05) is 6.54 Å². The van der Waals surface area contributed by atoms with E-state index in [0.29, 0.717) is 24.6 Å². The van der Waals surface area contributed by atoms with E-state index in [9.17, 15) is 4.79 Å². The van der Waals surface area contributed by atoms with Crippen LogP contribution in [0.3, 0.4) is 0 Å². The molecule has 0 aliphatic carbocycles. The zero-order valence-corrected chi connectivity index (χ0v) is 13.5. The monoisotopic (exact) mass is 301 g/mol. The first-order chi connectivity index (χ1) is 9.44. The number of halogens is 1. The van der Waals surface area contributed by atoms with Crippen LogP contribution >= 0.6 is 11.6 Å². The fourth-order valence-electron chi connectivity index (χ4n) is 1.93. The Morgan fingerprint density at radius 2 is 2.25 bits per heavy atom. The molecule has 0 saturated heterocycles. The van der Waals surface area contributed by atoms with Crippen LogP contribution in [0.15, 0.2) is 6.20 Å². The smallest absolute Gasteiger partial charge is 0.326 e. The van der Waals surface area contributed by atoms with Crippen LogP contribution in [-0.2, 0) is 16.1 Å². The summed E-state index contributed by atoms with van der Waals surface area (Å²) in [5.41, 5.74) is 0.213. The van der Waals surface area contributed by atoms with Gasteiger partial charge in [0.15, 0.2) is 0 Å². The van der Waals surface area contributed by atoms with Gasteiger partial charge in [-0.15, -0.1) is 0 Å². The molecular formula is C14H24ClN3O2. The molecule has 0 amide bonds. The third kappa shape index (κ3) is 4.21. The van der Waals surface area contributed by atoms with Crippen molar-refractivity contribution in [3.63, 3.8) is 0 Å². The minimum absolute atomic E-state index is 0.218. The molecular weight excluding hydrogens is 278 g/mol. The van der Waals surface area contributed by atoms with Crippen LogP contribution in [0.5, 0.6) is 0 Å². The molecule has 20 heavy (non-hydrogen) atoms. The Bertz CT molecular complexity index is 448. The number of carbonyl (C=O) groups excluding carboxylic acids is 1. The van der Waals surface area contributed by atoms with E-state index in [4.69, 9.17) is 16.3 Å². The number of rotatable bonds is 8. The van der Waals surface area contributed by atoms with E-state index in [2.05, 4.69) is 17.3 Å². The van der Waals surface area contributed by atoms with E-state index in [1.165, 1.54) is 0 Å². The molecule has 114 valence electrons. The van der Waals surface area contributed by atoms with E-state index >= 15 is 0 Å². The highest BCUT2D eigenvalue weighted by atomic mass is 35.5. The van der Waals surface area contributed by atoms with E-state index in [1.807, 2.05) is 25.5 Å². The number of aryl methyl sites for hydroxylation is 1. The average molecular weight is 302 g/mol. The van der Waals surface area contributed by atoms with Gasteiger partial charge >= 0.3 is 5.97 Å². The molecule has 1 unspecified atom stereocenters. The maximum atomic E-state index is 12.1. The number of hydrogen-bond acceptors (Lipinski definition) is 4. The predicted octanol–water partition coefficient (Wildman–Crippen LogP) is 2.56. The summed E-state index contributed by atoms with van der Waals surface area (Å²) in [6, 6.07) is 0. The van der Waals surface area contributed by atoms with Crippen LogP contribution < -0.4 is 5.32 Å². The summed E-state index contributed by atoms with van der Waals surface area (Å²) in [5.74, 6) is -0.218. The third-order valence-corrected chi connectivity index (χ3v) is 3.73. The van der Waals surface area contributed by atoms with Crippen LogP contribution in [0, 0.1) is 6.92 Å². The van der Waals surface area contributed by atoms with Gasteiger partial charge < -0.3 is 10.1 Å². The van der Waals surface area contributed by atoms with Gasteiger partial charge in [0.05, 0.1) is 23.5 Å². The van der Waals surface area contributed by atoms with Crippen molar-refractivity contribution in [1.29, 1.82) is 0 Å². The maximum Gasteiger partial charge on any atom is 0.326 e. The lowest BCUT2D eigenvalue weighted by molar-refractivity contribution is -0.151. The van der Waals surface area contributed by atoms with E-state index in [-0.39, 0.29) is 5.97 Å². The van der Waals surface area contributed by atoms with Gasteiger partial charge in [0.25, 0.3) is 0 Å². The normalized spacial score (nSPS) is 14.1. The maximum absolute atomic E-state index is 12.1. The Balaban J connectivity index is 2.74. The molecule has 1 atom stereocenters. The second-order valence-electron chi connectivity index (χ2n) is 5.03. The summed E-state index contributed by atoms with van der Waals surface area (Å²) >= 11 is 5.98. The first-order valence-electron chi connectivity index (χ1n) is 7.04. The molecule has 6 heteroatoms. The minimum atomic E-state index is -0.698. The second kappa shape index (κ2) is 7.64. The fraction of sp³-hybridized carbons (Fsp3) is 0.714. The SMILES string of the molecule is CCCNC(C)(CCn1ncc(Cl)c1C)C(=O)OCC. The lowest BCUT2D eigenvalue weighted by Gasteiger charge is -2.28. The Kier molecular flexibility index (Phi) is 6.49. The van der Waals surface area contributed by atoms with E-state index < -0.39 is 5.54 Å². The van der Waals surface area contributed by atoms with Crippen molar-refractivity contribution in [2.24, 2.45) is 0 Å². The van der Waals surface area contributed by atoms with Gasteiger partial charge in [-0.1, -0.05) is 18.5 Å². The van der Waals surface area contributed by atoms with Crippen molar-refractivity contribution in [2.75, 3.05) is 13.2 Å². The largest absolute Gasteiger partial charge is 0.465 e. The summed E-state index contributed by atoms with van der Waals surface area (Å²) < 4.78 is 6.98. The van der Waals surface area contributed by atoms with Gasteiger partial charge in [-0.2, -0.15) is 5.10 Å². The molecule has 0 radical (unpaired) electrons. The Labute approximate surface area is 125 Å². The molecule has 1 rings (SSSR count). The quantitative estimate of drug-likeness (QED) is 0.750. The first kappa shape index (κ1) is 17.0. The molecule has 0 aliphatic rings. The lowest BCUT2D eigenvalue weighted by atomic mass is 9.97. The topological polar surface area (TPSA) is 56.2 Å². The molecule has 5 nitrogen and oxygen atoms in total. The van der Waals surface area contributed by atoms with Crippen LogP contribution in [0.2, 0.25) is 5.02 Å². The number of nitrogens with one attached hydrogen (secondary N) is 1. The molecule has 0 aromatic carbocycles. The number of aromatic nitrogens is 2. The van der Waals surface area contributed by atoms with Crippen molar-refractivity contribution in [3.8, 4) is 0 Å². The minimum Gasteiger partial charge on any atom is -0.465 e. The Hall–Kier alpha value is -1.07. The molecule has 0 aliphatic heterocycles. The molecule has 0 bridgehead atoms. The standard InChI is InChI=1S/C14H24ClN3O2/c1-5-8-16-14(4,13(19)20-6-2)7-9-18-11(3)12(15)10-17-18/h10,16H,5-9H2,1-4H3. The van der Waals surface area contributed by atoms with E-state index in [1.54, 1.807) is 6.20 Å². The van der Waals surface area contributed by atoms with Crippen LogP contribution in [0.4, 0.5) is 0 Å². The number of nitrogens with zero attached hydrogens (tertiary/aromatic N) is 2. The third-order valence-electron chi connectivity index (χ3n) is 3.36. The van der Waals surface area contributed by atoms with Gasteiger partial charge in [-0.25, -0.2) is 0 Å². The Morgan fingerprint density at radius 1 is 1.55 bits per heavy atom. The number of esters is 1. The van der Waals surface area contributed by atoms with Gasteiger partial charge in [-0.3, -0.25) is 9.48 Å². The number of ether oxygens (including phenoxy) is 1. The summed E-state index contributed by atoms with van der Waals surface area (Å²) in [4.78, 5) is 12.1. The lowest BCUT2D eigenvalue weighted by Crippen LogP contribution is -2.51. The van der Waals surface area contributed by atoms with Crippen LogP contribution in [0.25, 0.3) is 0 Å². The van der Waals surface area contributed by atoms with E-state index in [0.717, 1.165) is 18.7 Å². The molecule has 1 aromatic rings. The van der Waals surface area contributed by atoms with Gasteiger partial charge in [0.1, 0.15) is 5.54 Å². The molecule has 1 N–H and O–H groups in total. The second-order valence-corrected chi connectivity index (χ2v) is 5.44. The van der Waals surface area contributed by atoms with Crippen molar-refractivity contribution >= 4 is 17.6 Å². The molecule has 0 spiro atoms. The van der Waals surface area contributed by atoms with Crippen LogP contribution in [0.1, 0.15) is 39.3 Å².